The van der Waals surface area contributed by atoms with E-state index in [2.05, 4.69) is 27.3 Å². The number of halogens is 1. The number of rotatable bonds is 1. The summed E-state index contributed by atoms with van der Waals surface area (Å²) >= 11 is 0. The number of fused-ring (bicyclic) bond motifs is 2. The highest BCUT2D eigenvalue weighted by atomic mass is 19.1. The predicted octanol–water partition coefficient (Wildman–Crippen LogP) is 3.08. The van der Waals surface area contributed by atoms with E-state index in [9.17, 15) is 9.18 Å². The third-order valence-corrected chi connectivity index (χ3v) is 5.10. The van der Waals surface area contributed by atoms with Crippen LogP contribution < -0.4 is 15.8 Å². The number of anilines is 2. The summed E-state index contributed by atoms with van der Waals surface area (Å²) in [6.45, 7) is 2.57. The van der Waals surface area contributed by atoms with E-state index in [-0.39, 0.29) is 11.4 Å². The molecule has 0 bridgehead atoms. The zero-order valence-corrected chi connectivity index (χ0v) is 15.3. The molecule has 0 saturated carbocycles. The second kappa shape index (κ2) is 6.30. The van der Waals surface area contributed by atoms with Crippen LogP contribution in [0.15, 0.2) is 64.4 Å². The molecule has 3 aromatic rings. The van der Waals surface area contributed by atoms with Gasteiger partial charge in [-0.05, 0) is 42.7 Å². The van der Waals surface area contributed by atoms with E-state index in [1.165, 1.54) is 28.3 Å². The molecule has 0 unspecified atom stereocenters. The van der Waals surface area contributed by atoms with Crippen LogP contribution in [-0.2, 0) is 6.42 Å². The molecule has 7 heteroatoms. The fourth-order valence-electron chi connectivity index (χ4n) is 3.79. The lowest BCUT2D eigenvalue weighted by atomic mass is 10.1. The summed E-state index contributed by atoms with van der Waals surface area (Å²) in [5, 5.41) is 3.23. The maximum atomic E-state index is 13.4. The van der Waals surface area contributed by atoms with Crippen molar-refractivity contribution in [1.29, 1.82) is 0 Å². The molecule has 2 aliphatic heterocycles. The lowest BCUT2D eigenvalue weighted by Gasteiger charge is -2.31. The molecule has 140 valence electrons. The second-order valence-electron chi connectivity index (χ2n) is 6.96. The normalized spacial score (nSPS) is 17.6. The standard InChI is InChI=1S/C21H18FN5O/c1-13-12-18(28)27-19(15-6-8-16(22)9-7-15)24-20(25-21(27)23-13)26-11-10-14-4-2-3-5-17(14)26/h2-9,12,19H,10-11H2,1H3,(H,23,24,25)/t19-/m0/s1. The summed E-state index contributed by atoms with van der Waals surface area (Å²) in [4.78, 5) is 24.1. The Kier molecular flexibility index (Phi) is 3.75. The third-order valence-electron chi connectivity index (χ3n) is 5.10. The molecule has 28 heavy (non-hydrogen) atoms. The molecule has 2 aliphatic rings. The Hall–Kier alpha value is -3.48. The van der Waals surface area contributed by atoms with E-state index in [0.29, 0.717) is 17.6 Å². The molecule has 0 amide bonds. The maximum absolute atomic E-state index is 13.4. The topological polar surface area (TPSA) is 62.5 Å². The van der Waals surface area contributed by atoms with Crippen LogP contribution in [0.1, 0.15) is 23.0 Å². The average molecular weight is 375 g/mol. The van der Waals surface area contributed by atoms with Crippen molar-refractivity contribution in [3.8, 4) is 0 Å². The molecular formula is C21H18FN5O. The lowest BCUT2D eigenvalue weighted by Crippen LogP contribution is -2.43. The maximum Gasteiger partial charge on any atom is 0.257 e. The molecule has 2 aromatic carbocycles. The zero-order chi connectivity index (χ0) is 19.3. The van der Waals surface area contributed by atoms with E-state index in [1.54, 1.807) is 19.1 Å². The summed E-state index contributed by atoms with van der Waals surface area (Å²) in [6, 6.07) is 15.7. The Labute approximate surface area is 161 Å². The van der Waals surface area contributed by atoms with Crippen molar-refractivity contribution in [3.05, 3.63) is 87.6 Å². The summed E-state index contributed by atoms with van der Waals surface area (Å²) in [7, 11) is 0. The van der Waals surface area contributed by atoms with Gasteiger partial charge in [0, 0.05) is 24.0 Å². The molecule has 3 heterocycles. The molecular weight excluding hydrogens is 357 g/mol. The number of hydrogen-bond donors (Lipinski definition) is 1. The van der Waals surface area contributed by atoms with Gasteiger partial charge in [0.05, 0.1) is 0 Å². The molecule has 1 aromatic heterocycles. The molecule has 1 N–H and O–H groups in total. The van der Waals surface area contributed by atoms with Crippen LogP contribution in [0.3, 0.4) is 0 Å². The van der Waals surface area contributed by atoms with Gasteiger partial charge in [0.1, 0.15) is 5.82 Å². The minimum atomic E-state index is -0.611. The smallest absolute Gasteiger partial charge is 0.257 e. The van der Waals surface area contributed by atoms with Gasteiger partial charge in [-0.1, -0.05) is 30.3 Å². The van der Waals surface area contributed by atoms with Crippen LogP contribution in [0, 0.1) is 12.7 Å². The Balaban J connectivity index is 1.66. The Bertz CT molecular complexity index is 1150. The first kappa shape index (κ1) is 16.7. The van der Waals surface area contributed by atoms with Crippen LogP contribution in [0.5, 0.6) is 0 Å². The molecule has 1 atom stereocenters. The van der Waals surface area contributed by atoms with Crippen LogP contribution in [0.2, 0.25) is 0 Å². The number of aromatic nitrogens is 2. The fourth-order valence-corrected chi connectivity index (χ4v) is 3.79. The fraction of sp³-hybridized carbons (Fsp3) is 0.190. The molecule has 0 saturated heterocycles. The van der Waals surface area contributed by atoms with Crippen molar-refractivity contribution in [3.63, 3.8) is 0 Å². The van der Waals surface area contributed by atoms with Gasteiger partial charge in [-0.3, -0.25) is 14.7 Å². The molecule has 0 radical (unpaired) electrons. The first-order valence-corrected chi connectivity index (χ1v) is 9.16. The van der Waals surface area contributed by atoms with Gasteiger partial charge in [-0.25, -0.2) is 14.4 Å². The van der Waals surface area contributed by atoms with Crippen molar-refractivity contribution >= 4 is 17.6 Å². The zero-order valence-electron chi connectivity index (χ0n) is 15.3. The molecule has 6 nitrogen and oxygen atoms in total. The first-order chi connectivity index (χ1) is 13.6. The van der Waals surface area contributed by atoms with Crippen molar-refractivity contribution in [2.45, 2.75) is 19.5 Å². The second-order valence-corrected chi connectivity index (χ2v) is 6.96. The summed E-state index contributed by atoms with van der Waals surface area (Å²) in [5.41, 5.74) is 3.50. The van der Waals surface area contributed by atoms with Gasteiger partial charge in [0.25, 0.3) is 5.56 Å². The quantitative estimate of drug-likeness (QED) is 0.710. The highest BCUT2D eigenvalue weighted by Crippen LogP contribution is 2.32. The van der Waals surface area contributed by atoms with Gasteiger partial charge < -0.3 is 4.90 Å². The Morgan fingerprint density at radius 2 is 1.93 bits per heavy atom. The minimum absolute atomic E-state index is 0.200. The van der Waals surface area contributed by atoms with Gasteiger partial charge in [0.15, 0.2) is 6.17 Å². The van der Waals surface area contributed by atoms with Crippen LogP contribution >= 0.6 is 0 Å². The van der Waals surface area contributed by atoms with E-state index in [0.717, 1.165) is 24.2 Å². The number of benzene rings is 2. The number of aryl methyl sites for hydroxylation is 1. The van der Waals surface area contributed by atoms with Crippen LogP contribution in [0.25, 0.3) is 0 Å². The van der Waals surface area contributed by atoms with E-state index < -0.39 is 6.17 Å². The number of guanidine groups is 1. The number of nitrogens with one attached hydrogen (secondary N) is 1. The number of aliphatic imine (C=N–C) groups is 1. The summed E-state index contributed by atoms with van der Waals surface area (Å²) in [6.07, 6.45) is 0.312. The number of para-hydroxylation sites is 1. The van der Waals surface area contributed by atoms with E-state index >= 15 is 0 Å². The predicted molar refractivity (Wildman–Crippen MR) is 106 cm³/mol. The highest BCUT2D eigenvalue weighted by molar-refractivity contribution is 6.06. The molecule has 0 spiro atoms. The van der Waals surface area contributed by atoms with Crippen LogP contribution in [-0.4, -0.2) is 22.1 Å². The minimum Gasteiger partial charge on any atom is -0.312 e. The third kappa shape index (κ3) is 2.67. The monoisotopic (exact) mass is 375 g/mol. The van der Waals surface area contributed by atoms with Crippen molar-refractivity contribution in [2.24, 2.45) is 4.99 Å². The summed E-state index contributed by atoms with van der Waals surface area (Å²) in [5.74, 6) is 0.746. The highest BCUT2D eigenvalue weighted by Gasteiger charge is 2.30. The van der Waals surface area contributed by atoms with Crippen molar-refractivity contribution in [1.82, 2.24) is 9.55 Å². The summed E-state index contributed by atoms with van der Waals surface area (Å²) < 4.78 is 14.9. The number of hydrogen-bond acceptors (Lipinski definition) is 5. The lowest BCUT2D eigenvalue weighted by molar-refractivity contribution is 0.571. The van der Waals surface area contributed by atoms with E-state index in [4.69, 9.17) is 4.99 Å². The van der Waals surface area contributed by atoms with Crippen molar-refractivity contribution in [2.75, 3.05) is 16.8 Å². The van der Waals surface area contributed by atoms with Crippen LogP contribution in [0.4, 0.5) is 16.0 Å². The molecule has 0 aliphatic carbocycles. The average Bonchev–Trinajstić information content (AvgIpc) is 3.11. The van der Waals surface area contributed by atoms with Gasteiger partial charge >= 0.3 is 0 Å². The largest absolute Gasteiger partial charge is 0.312 e. The van der Waals surface area contributed by atoms with E-state index in [1.807, 2.05) is 12.1 Å². The Morgan fingerprint density at radius 3 is 2.75 bits per heavy atom. The molecule has 5 rings (SSSR count). The van der Waals surface area contributed by atoms with Gasteiger partial charge in [-0.2, -0.15) is 0 Å². The Morgan fingerprint density at radius 1 is 1.14 bits per heavy atom. The first-order valence-electron chi connectivity index (χ1n) is 9.16. The van der Waals surface area contributed by atoms with Crippen molar-refractivity contribution < 1.29 is 4.39 Å². The van der Waals surface area contributed by atoms with Gasteiger partial charge in [-0.15, -0.1) is 0 Å². The molecule has 0 fully saturated rings. The SMILES string of the molecule is Cc1cc(=O)n2c(n1)NC(N1CCc3ccccc31)=N[C@@H]2c1ccc(F)cc1. The number of nitrogens with zero attached hydrogens (tertiary/aromatic N) is 4. The van der Waals surface area contributed by atoms with Gasteiger partial charge in [0.2, 0.25) is 11.9 Å².